The number of hydrogen-bond acceptors (Lipinski definition) is 4. The molecule has 0 heterocycles. The molecular formula is C17H26O2S2. The first-order valence-corrected chi connectivity index (χ1v) is 9.55. The Balaban J connectivity index is 3.17. The van der Waals surface area contributed by atoms with Gasteiger partial charge in [0.15, 0.2) is 5.78 Å². The third-order valence-corrected chi connectivity index (χ3v) is 5.61. The maximum Gasteiger partial charge on any atom is 0.178 e. The first kappa shape index (κ1) is 18.6. The van der Waals surface area contributed by atoms with Gasteiger partial charge in [0.25, 0.3) is 0 Å². The molecule has 0 radical (unpaired) electrons. The summed E-state index contributed by atoms with van der Waals surface area (Å²) in [6.45, 7) is 8.16. The lowest BCUT2D eigenvalue weighted by Crippen LogP contribution is -2.29. The van der Waals surface area contributed by atoms with Crippen molar-refractivity contribution in [2.45, 2.75) is 50.2 Å². The van der Waals surface area contributed by atoms with E-state index in [0.717, 1.165) is 24.0 Å². The van der Waals surface area contributed by atoms with Crippen LogP contribution in [0.15, 0.2) is 17.0 Å². The van der Waals surface area contributed by atoms with Crippen LogP contribution in [0.2, 0.25) is 0 Å². The van der Waals surface area contributed by atoms with Gasteiger partial charge in [-0.3, -0.25) is 4.79 Å². The highest BCUT2D eigenvalue weighted by Crippen LogP contribution is 2.32. The molecule has 118 valence electrons. The fourth-order valence-electron chi connectivity index (χ4n) is 2.32. The molecule has 1 aromatic rings. The van der Waals surface area contributed by atoms with E-state index in [9.17, 15) is 4.79 Å². The Morgan fingerprint density at radius 3 is 2.52 bits per heavy atom. The molecule has 0 aliphatic carbocycles. The van der Waals surface area contributed by atoms with Crippen LogP contribution in [0.4, 0.5) is 0 Å². The van der Waals surface area contributed by atoms with E-state index in [2.05, 4.69) is 25.3 Å². The van der Waals surface area contributed by atoms with Crippen molar-refractivity contribution in [2.24, 2.45) is 0 Å². The third kappa shape index (κ3) is 4.76. The van der Waals surface area contributed by atoms with Crippen LogP contribution >= 0.6 is 23.5 Å². The molecule has 0 spiro atoms. The number of hydrogen-bond donors (Lipinski definition) is 1. The Labute approximate surface area is 137 Å². The minimum atomic E-state index is -0.502. The van der Waals surface area contributed by atoms with Crippen LogP contribution in [0, 0.1) is 6.92 Å². The van der Waals surface area contributed by atoms with Crippen molar-refractivity contribution in [1.29, 1.82) is 0 Å². The molecular weight excluding hydrogens is 300 g/mol. The lowest BCUT2D eigenvalue weighted by atomic mass is 9.93. The van der Waals surface area contributed by atoms with E-state index in [-0.39, 0.29) is 12.4 Å². The van der Waals surface area contributed by atoms with Crippen molar-refractivity contribution in [1.82, 2.24) is 0 Å². The van der Waals surface area contributed by atoms with Gasteiger partial charge >= 0.3 is 0 Å². The summed E-state index contributed by atoms with van der Waals surface area (Å²) in [6, 6.07) is 4.21. The first-order valence-electron chi connectivity index (χ1n) is 7.34. The van der Waals surface area contributed by atoms with Crippen LogP contribution in [-0.2, 0) is 6.42 Å². The van der Waals surface area contributed by atoms with Crippen molar-refractivity contribution < 1.29 is 9.90 Å². The van der Waals surface area contributed by atoms with Crippen LogP contribution in [0.1, 0.15) is 48.7 Å². The lowest BCUT2D eigenvalue weighted by Gasteiger charge is -2.24. The average molecular weight is 327 g/mol. The molecule has 0 fully saturated rings. The number of aliphatic hydroxyl groups excluding tert-OH is 1. The second-order valence-electron chi connectivity index (χ2n) is 5.64. The number of rotatable bonds is 8. The molecule has 0 aromatic heterocycles. The predicted molar refractivity (Wildman–Crippen MR) is 94.9 cm³/mol. The van der Waals surface area contributed by atoms with E-state index < -0.39 is 4.75 Å². The van der Waals surface area contributed by atoms with Gasteiger partial charge in [0.1, 0.15) is 0 Å². The van der Waals surface area contributed by atoms with E-state index in [0.29, 0.717) is 5.75 Å². The summed E-state index contributed by atoms with van der Waals surface area (Å²) in [5.41, 5.74) is 3.13. The van der Waals surface area contributed by atoms with Crippen LogP contribution in [0.25, 0.3) is 0 Å². The van der Waals surface area contributed by atoms with Gasteiger partial charge in [-0.2, -0.15) is 0 Å². The van der Waals surface area contributed by atoms with E-state index in [1.807, 2.05) is 20.8 Å². The van der Waals surface area contributed by atoms with Crippen molar-refractivity contribution in [3.8, 4) is 0 Å². The molecule has 4 heteroatoms. The summed E-state index contributed by atoms with van der Waals surface area (Å²) >= 11 is 3.26. The number of carbonyl (C=O) groups excluding carboxylic acids is 1. The molecule has 0 amide bonds. The molecule has 0 aliphatic heterocycles. The smallest absolute Gasteiger partial charge is 0.178 e. The Kier molecular flexibility index (Phi) is 7.31. The van der Waals surface area contributed by atoms with Crippen molar-refractivity contribution in [2.75, 3.05) is 18.6 Å². The minimum Gasteiger partial charge on any atom is -0.396 e. The molecule has 0 bridgehead atoms. The zero-order valence-electron chi connectivity index (χ0n) is 13.7. The van der Waals surface area contributed by atoms with Crippen molar-refractivity contribution in [3.05, 3.63) is 28.8 Å². The number of benzene rings is 1. The van der Waals surface area contributed by atoms with E-state index in [1.165, 1.54) is 22.2 Å². The molecule has 1 aromatic carbocycles. The zero-order chi connectivity index (χ0) is 16.0. The normalized spacial score (nSPS) is 11.7. The molecule has 2 nitrogen and oxygen atoms in total. The average Bonchev–Trinajstić information content (AvgIpc) is 2.46. The van der Waals surface area contributed by atoms with Crippen molar-refractivity contribution in [3.63, 3.8) is 0 Å². The van der Waals surface area contributed by atoms with Gasteiger partial charge < -0.3 is 5.11 Å². The number of aliphatic hydroxyl groups is 1. The maximum atomic E-state index is 12.8. The Bertz CT molecular complexity index is 496. The number of thioether (sulfide) groups is 2. The third-order valence-electron chi connectivity index (χ3n) is 3.49. The monoisotopic (exact) mass is 326 g/mol. The number of aryl methyl sites for hydroxylation is 2. The molecule has 0 saturated carbocycles. The molecule has 21 heavy (non-hydrogen) atoms. The Morgan fingerprint density at radius 1 is 1.33 bits per heavy atom. The highest BCUT2D eigenvalue weighted by Gasteiger charge is 2.30. The van der Waals surface area contributed by atoms with Gasteiger partial charge in [-0.15, -0.1) is 23.5 Å². The Morgan fingerprint density at radius 2 is 2.00 bits per heavy atom. The highest BCUT2D eigenvalue weighted by atomic mass is 32.2. The van der Waals surface area contributed by atoms with Crippen LogP contribution in [0.3, 0.4) is 0 Å². The van der Waals surface area contributed by atoms with Gasteiger partial charge in [-0.25, -0.2) is 0 Å². The van der Waals surface area contributed by atoms with Crippen LogP contribution in [-0.4, -0.2) is 34.3 Å². The van der Waals surface area contributed by atoms with E-state index in [1.54, 1.807) is 11.8 Å². The number of Topliss-reactive ketones (excluding diaryl/α,β-unsaturated/α-hetero) is 1. The quantitative estimate of drug-likeness (QED) is 0.569. The first-order chi connectivity index (χ1) is 9.87. The van der Waals surface area contributed by atoms with Gasteiger partial charge in [-0.1, -0.05) is 13.3 Å². The molecule has 0 aliphatic rings. The summed E-state index contributed by atoms with van der Waals surface area (Å²) in [6.07, 6.45) is 4.16. The van der Waals surface area contributed by atoms with E-state index in [4.69, 9.17) is 5.11 Å². The van der Waals surface area contributed by atoms with Gasteiger partial charge in [0, 0.05) is 16.2 Å². The fourth-order valence-corrected chi connectivity index (χ4v) is 3.88. The number of carbonyl (C=O) groups is 1. The predicted octanol–water partition coefficient (Wildman–Crippen LogP) is 4.36. The standard InChI is InChI=1S/C17H26O2S2/c1-6-7-13-11-14(12(2)10-15(13)20-5)16(19)17(3,4)21-9-8-18/h10-11,18H,6-9H2,1-5H3. The van der Waals surface area contributed by atoms with Gasteiger partial charge in [-0.05, 0) is 56.7 Å². The topological polar surface area (TPSA) is 37.3 Å². The summed E-state index contributed by atoms with van der Waals surface area (Å²) < 4.78 is -0.502. The molecule has 0 saturated heterocycles. The molecule has 1 rings (SSSR count). The van der Waals surface area contributed by atoms with Gasteiger partial charge in [0.2, 0.25) is 0 Å². The summed E-state index contributed by atoms with van der Waals surface area (Å²) in [7, 11) is 0. The number of ketones is 1. The molecule has 0 atom stereocenters. The maximum absolute atomic E-state index is 12.8. The summed E-state index contributed by atoms with van der Waals surface area (Å²) in [4.78, 5) is 14.1. The zero-order valence-corrected chi connectivity index (χ0v) is 15.3. The van der Waals surface area contributed by atoms with Crippen molar-refractivity contribution >= 4 is 29.3 Å². The Hall–Kier alpha value is -0.450. The lowest BCUT2D eigenvalue weighted by molar-refractivity contribution is 0.0957. The fraction of sp³-hybridized carbons (Fsp3) is 0.588. The van der Waals surface area contributed by atoms with Gasteiger partial charge in [0.05, 0.1) is 11.4 Å². The largest absolute Gasteiger partial charge is 0.396 e. The van der Waals surface area contributed by atoms with E-state index >= 15 is 0 Å². The second-order valence-corrected chi connectivity index (χ2v) is 8.21. The molecule has 1 N–H and O–H groups in total. The molecule has 0 unspecified atom stereocenters. The highest BCUT2D eigenvalue weighted by molar-refractivity contribution is 8.01. The minimum absolute atomic E-state index is 0.104. The van der Waals surface area contributed by atoms with Crippen LogP contribution < -0.4 is 0 Å². The van der Waals surface area contributed by atoms with Crippen LogP contribution in [0.5, 0.6) is 0 Å². The summed E-state index contributed by atoms with van der Waals surface area (Å²) in [5, 5.41) is 8.98. The second kappa shape index (κ2) is 8.25. The summed E-state index contributed by atoms with van der Waals surface area (Å²) in [5.74, 6) is 0.742. The SMILES string of the molecule is CCCc1cc(C(=O)C(C)(C)SCCO)c(C)cc1SC.